The number of aromatic nitrogens is 3. The number of ether oxygens (including phenoxy) is 1. The molecule has 1 aromatic heterocycles. The van der Waals surface area contributed by atoms with Crippen LogP contribution in [0.3, 0.4) is 0 Å². The van der Waals surface area contributed by atoms with Crippen LogP contribution < -0.4 is 10.1 Å². The van der Waals surface area contributed by atoms with Crippen molar-refractivity contribution in [1.82, 2.24) is 14.8 Å². The Balaban J connectivity index is 2.07. The Bertz CT molecular complexity index is 1130. The van der Waals surface area contributed by atoms with Gasteiger partial charge in [0.25, 0.3) is 0 Å². The summed E-state index contributed by atoms with van der Waals surface area (Å²) >= 11 is 0. The van der Waals surface area contributed by atoms with Crippen LogP contribution in [0, 0.1) is 12.7 Å². The molecule has 0 fully saturated rings. The van der Waals surface area contributed by atoms with E-state index in [9.17, 15) is 23.4 Å². The maximum atomic E-state index is 15.0. The minimum atomic E-state index is -4.69. The van der Waals surface area contributed by atoms with Crippen LogP contribution in [0.4, 0.5) is 23.2 Å². The Morgan fingerprint density at radius 2 is 1.79 bits per heavy atom. The minimum absolute atomic E-state index is 0.140. The zero-order valence-electron chi connectivity index (χ0n) is 18.4. The largest absolute Gasteiger partial charge is 0.481 e. The van der Waals surface area contributed by atoms with E-state index in [1.165, 1.54) is 18.7 Å². The Kier molecular flexibility index (Phi) is 6.94. The van der Waals surface area contributed by atoms with Crippen molar-refractivity contribution in [3.05, 3.63) is 59.2 Å². The maximum absolute atomic E-state index is 15.0. The lowest BCUT2D eigenvalue weighted by Gasteiger charge is -2.23. The topological polar surface area (TPSA) is 92.4 Å². The molecule has 0 bridgehead atoms. The normalized spacial score (nSPS) is 14.6. The van der Waals surface area contributed by atoms with Gasteiger partial charge >= 0.3 is 6.18 Å². The van der Waals surface area contributed by atoms with Crippen molar-refractivity contribution >= 4 is 5.69 Å². The third-order valence-electron chi connectivity index (χ3n) is 5.01. The van der Waals surface area contributed by atoms with E-state index in [4.69, 9.17) is 4.74 Å². The molecule has 0 amide bonds. The smallest absolute Gasteiger partial charge is 0.425 e. The van der Waals surface area contributed by atoms with Crippen LogP contribution >= 0.6 is 0 Å². The molecule has 0 aliphatic heterocycles. The first-order valence-electron chi connectivity index (χ1n) is 10.0. The summed E-state index contributed by atoms with van der Waals surface area (Å²) in [5.74, 6) is -1.29. The highest BCUT2D eigenvalue weighted by Gasteiger charge is 2.39. The number of rotatable bonds is 7. The molecule has 3 aromatic rings. The van der Waals surface area contributed by atoms with Crippen LogP contribution in [0.25, 0.3) is 11.4 Å². The van der Waals surface area contributed by atoms with Gasteiger partial charge in [0, 0.05) is 18.3 Å². The van der Waals surface area contributed by atoms with E-state index < -0.39 is 36.2 Å². The van der Waals surface area contributed by atoms with Crippen LogP contribution in [0.2, 0.25) is 0 Å². The van der Waals surface area contributed by atoms with E-state index in [1.54, 1.807) is 31.2 Å². The molecule has 0 spiro atoms. The summed E-state index contributed by atoms with van der Waals surface area (Å²) in [5, 5.41) is 27.3. The zero-order chi connectivity index (χ0) is 24.5. The van der Waals surface area contributed by atoms with E-state index in [0.29, 0.717) is 5.69 Å². The number of nitrogens with zero attached hydrogens (tertiary/aromatic N) is 3. The van der Waals surface area contributed by atoms with Crippen LogP contribution in [0.1, 0.15) is 43.1 Å². The number of hydrogen-bond acceptors (Lipinski definition) is 6. The van der Waals surface area contributed by atoms with Gasteiger partial charge in [-0.2, -0.15) is 18.3 Å². The Morgan fingerprint density at radius 3 is 2.36 bits per heavy atom. The number of hydrogen-bond donors (Lipinski definition) is 3. The summed E-state index contributed by atoms with van der Waals surface area (Å²) in [6.07, 6.45) is -9.50. The molecule has 7 nitrogen and oxygen atoms in total. The van der Waals surface area contributed by atoms with Gasteiger partial charge in [-0.3, -0.25) is 4.68 Å². The van der Waals surface area contributed by atoms with Gasteiger partial charge < -0.3 is 20.3 Å². The molecule has 0 saturated carbocycles. The number of aryl methyl sites for hydroxylation is 2. The predicted molar refractivity (Wildman–Crippen MR) is 113 cm³/mol. The van der Waals surface area contributed by atoms with Crippen molar-refractivity contribution < 1.29 is 32.5 Å². The molecule has 11 heteroatoms. The number of anilines is 1. The molecule has 33 heavy (non-hydrogen) atoms. The van der Waals surface area contributed by atoms with Crippen molar-refractivity contribution in [1.29, 1.82) is 0 Å². The van der Waals surface area contributed by atoms with Crippen molar-refractivity contribution in [2.75, 3.05) is 5.32 Å². The van der Waals surface area contributed by atoms with Crippen molar-refractivity contribution in [2.45, 2.75) is 45.4 Å². The fraction of sp³-hybridized carbons (Fsp3) is 0.364. The molecule has 1 heterocycles. The average molecular weight is 468 g/mol. The second-order valence-electron chi connectivity index (χ2n) is 7.63. The first-order valence-corrected chi connectivity index (χ1v) is 10.0. The molecule has 1 unspecified atom stereocenters. The average Bonchev–Trinajstić information content (AvgIpc) is 3.11. The summed E-state index contributed by atoms with van der Waals surface area (Å²) in [6, 6.07) is 8.81. The first-order chi connectivity index (χ1) is 15.4. The predicted octanol–water partition coefficient (Wildman–Crippen LogP) is 4.42. The molecule has 2 aromatic carbocycles. The highest BCUT2D eigenvalue weighted by Crippen LogP contribution is 2.36. The minimum Gasteiger partial charge on any atom is -0.481 e. The summed E-state index contributed by atoms with van der Waals surface area (Å²) in [5.41, 5.74) is 0.802. The quantitative estimate of drug-likeness (QED) is 0.351. The Labute approximate surface area is 187 Å². The van der Waals surface area contributed by atoms with Gasteiger partial charge in [-0.1, -0.05) is 18.2 Å². The van der Waals surface area contributed by atoms with Gasteiger partial charge in [0.2, 0.25) is 0 Å². The van der Waals surface area contributed by atoms with Crippen molar-refractivity contribution in [3.63, 3.8) is 0 Å². The molecule has 0 aliphatic rings. The highest BCUT2D eigenvalue weighted by atomic mass is 19.4. The fourth-order valence-corrected chi connectivity index (χ4v) is 3.15. The van der Waals surface area contributed by atoms with E-state index in [0.717, 1.165) is 24.6 Å². The summed E-state index contributed by atoms with van der Waals surface area (Å²) in [4.78, 5) is 4.07. The van der Waals surface area contributed by atoms with E-state index in [2.05, 4.69) is 15.4 Å². The fourth-order valence-electron chi connectivity index (χ4n) is 3.15. The van der Waals surface area contributed by atoms with Crippen LogP contribution in [0.15, 0.2) is 36.4 Å². The first kappa shape index (κ1) is 24.5. The zero-order valence-corrected chi connectivity index (χ0v) is 18.4. The lowest BCUT2D eigenvalue weighted by molar-refractivity contribution is -0.189. The van der Waals surface area contributed by atoms with Crippen LogP contribution in [-0.4, -0.2) is 37.3 Å². The molecular weight excluding hydrogens is 444 g/mol. The Hall–Kier alpha value is -3.18. The van der Waals surface area contributed by atoms with Gasteiger partial charge in [-0.05, 0) is 44.5 Å². The number of aliphatic hydroxyl groups is 2. The third-order valence-corrected chi connectivity index (χ3v) is 5.01. The highest BCUT2D eigenvalue weighted by molar-refractivity contribution is 5.62. The number of para-hydroxylation sites is 1. The van der Waals surface area contributed by atoms with Gasteiger partial charge in [-0.15, -0.1) is 0 Å². The van der Waals surface area contributed by atoms with Gasteiger partial charge in [0.1, 0.15) is 17.7 Å². The lowest BCUT2D eigenvalue weighted by atomic mass is 10.1. The van der Waals surface area contributed by atoms with Gasteiger partial charge in [0.05, 0.1) is 5.56 Å². The van der Waals surface area contributed by atoms with Crippen molar-refractivity contribution in [3.8, 4) is 17.1 Å². The number of halogens is 4. The van der Waals surface area contributed by atoms with Crippen LogP contribution in [0.5, 0.6) is 5.75 Å². The molecule has 3 N–H and O–H groups in total. The second-order valence-corrected chi connectivity index (χ2v) is 7.63. The van der Waals surface area contributed by atoms with Crippen molar-refractivity contribution in [2.24, 2.45) is 7.05 Å². The summed E-state index contributed by atoms with van der Waals surface area (Å²) in [7, 11) is 1.49. The number of nitrogens with one attached hydrogen (secondary N) is 1. The van der Waals surface area contributed by atoms with Crippen LogP contribution in [-0.2, 0) is 7.05 Å². The lowest BCUT2D eigenvalue weighted by Crippen LogP contribution is -2.31. The number of benzene rings is 2. The van der Waals surface area contributed by atoms with E-state index in [1.807, 2.05) is 0 Å². The van der Waals surface area contributed by atoms with E-state index >= 15 is 4.39 Å². The molecule has 178 valence electrons. The van der Waals surface area contributed by atoms with E-state index in [-0.39, 0.29) is 22.8 Å². The van der Waals surface area contributed by atoms with Gasteiger partial charge in [0.15, 0.2) is 24.0 Å². The molecule has 3 rings (SSSR count). The molecule has 3 atom stereocenters. The van der Waals surface area contributed by atoms with Gasteiger partial charge in [-0.25, -0.2) is 9.37 Å². The monoisotopic (exact) mass is 468 g/mol. The standard InChI is InChI=1S/C22H24F4N4O3/c1-11-7-5-6-8-17(11)27-21(32)15-9-16(23)14(10-18(15)33-13(3)22(24,25)26)19-28-20(12(2)31)30(4)29-19/h5-10,12-13,21,27,31-32H,1-4H3/t12-,13+,21?/m1/s1. The molecule has 0 radical (unpaired) electrons. The summed E-state index contributed by atoms with van der Waals surface area (Å²) in [6.45, 7) is 4.02. The molecular formula is C22H24F4N4O3. The summed E-state index contributed by atoms with van der Waals surface area (Å²) < 4.78 is 60.9. The number of aliphatic hydroxyl groups excluding tert-OH is 2. The third kappa shape index (κ3) is 5.42. The SMILES string of the molecule is Cc1ccccc1NC(O)c1cc(F)c(-c2nc([C@@H](C)O)n(C)n2)cc1O[C@@H](C)C(F)(F)F. The number of alkyl halides is 3. The maximum Gasteiger partial charge on any atom is 0.425 e. The molecule has 0 saturated heterocycles. The second kappa shape index (κ2) is 9.36. The molecule has 0 aliphatic carbocycles. The Morgan fingerprint density at radius 1 is 1.12 bits per heavy atom.